The third-order valence-corrected chi connectivity index (χ3v) is 19.9. The Morgan fingerprint density at radius 1 is 0.884 bits per heavy atom. The normalized spacial score (nSPS) is 36.3. The van der Waals surface area contributed by atoms with Crippen molar-refractivity contribution in [2.45, 2.75) is 164 Å². The third kappa shape index (κ3) is 8.09. The number of hydrogen-bond donors (Lipinski definition) is 4. The number of ether oxygens (including phenoxy) is 1. The molecule has 8 rings (SSSR count). The number of alkyl halides is 3. The van der Waals surface area contributed by atoms with Gasteiger partial charge in [-0.05, 0) is 128 Å². The molecule has 0 aromatic carbocycles. The third-order valence-electron chi connectivity index (χ3n) is 19.9. The molecule has 1 aliphatic heterocycles. The van der Waals surface area contributed by atoms with E-state index in [1.54, 1.807) is 4.90 Å². The highest BCUT2D eigenvalue weighted by molar-refractivity contribution is 6.04. The van der Waals surface area contributed by atoms with E-state index in [1.165, 1.54) is 13.8 Å². The fraction of sp³-hybridized carbons (Fsp3) is 0.788. The van der Waals surface area contributed by atoms with E-state index in [1.807, 2.05) is 27.7 Å². The van der Waals surface area contributed by atoms with Crippen molar-refractivity contribution in [3.05, 3.63) is 28.6 Å². The number of ketones is 1. The van der Waals surface area contributed by atoms with Crippen LogP contribution in [0.5, 0.6) is 0 Å². The van der Waals surface area contributed by atoms with Gasteiger partial charge < -0.3 is 25.8 Å². The number of carboxylic acid groups (broad SMARTS) is 1. The van der Waals surface area contributed by atoms with Gasteiger partial charge in [0.05, 0.1) is 23.9 Å². The molecule has 10 atom stereocenters. The number of nitrogens with zero attached hydrogens (tertiary/aromatic N) is 3. The molecule has 5 saturated carbocycles. The lowest BCUT2D eigenvalue weighted by Gasteiger charge is -2.72. The minimum Gasteiger partial charge on any atom is -0.481 e. The lowest BCUT2D eigenvalue weighted by molar-refractivity contribution is -0.235. The first kappa shape index (κ1) is 51.2. The first-order valence-electron chi connectivity index (χ1n) is 25.4. The lowest BCUT2D eigenvalue weighted by Crippen LogP contribution is -2.68. The van der Waals surface area contributed by atoms with Gasteiger partial charge in [-0.15, -0.1) is 0 Å². The second-order valence-electron chi connectivity index (χ2n) is 24.8. The number of carbonyl (C=O) groups excluding carboxylic acids is 5. The highest BCUT2D eigenvalue weighted by Crippen LogP contribution is 2.76. The largest absolute Gasteiger partial charge is 0.481 e. The zero-order chi connectivity index (χ0) is 50.8. The number of amides is 2. The van der Waals surface area contributed by atoms with Crippen molar-refractivity contribution < 1.29 is 51.8 Å². The number of aliphatic carboxylic acids is 1. The fourth-order valence-electron chi connectivity index (χ4n) is 15.7. The van der Waals surface area contributed by atoms with E-state index in [-0.39, 0.29) is 70.2 Å². The molecule has 0 unspecified atom stereocenters. The Morgan fingerprint density at radius 3 is 2.16 bits per heavy atom. The van der Waals surface area contributed by atoms with Crippen molar-refractivity contribution in [3.8, 4) is 0 Å². The van der Waals surface area contributed by atoms with Crippen LogP contribution in [-0.2, 0) is 30.1 Å². The number of hydrogen-bond acceptors (Lipinski definition) is 10. The number of aromatic nitrogens is 2. The summed E-state index contributed by atoms with van der Waals surface area (Å²) in [5.41, 5.74) is -4.51. The Balaban J connectivity index is 1.02. The maximum atomic E-state index is 14.7. The molecule has 7 aliphatic rings. The Morgan fingerprint density at radius 2 is 1.55 bits per heavy atom. The van der Waals surface area contributed by atoms with E-state index in [2.05, 4.69) is 55.7 Å². The van der Waals surface area contributed by atoms with E-state index in [0.717, 1.165) is 49.7 Å². The molecule has 0 radical (unpaired) electrons. The molecule has 14 nitrogen and oxygen atoms in total. The van der Waals surface area contributed by atoms with Gasteiger partial charge in [-0.25, -0.2) is 0 Å². The number of carboxylic acids is 1. The van der Waals surface area contributed by atoms with E-state index in [9.17, 15) is 47.0 Å². The van der Waals surface area contributed by atoms with Crippen molar-refractivity contribution in [1.82, 2.24) is 30.6 Å². The van der Waals surface area contributed by atoms with Crippen LogP contribution in [0.3, 0.4) is 0 Å². The predicted molar refractivity (Wildman–Crippen MR) is 249 cm³/mol. The maximum absolute atomic E-state index is 14.7. The van der Waals surface area contributed by atoms with Gasteiger partial charge in [-0.1, -0.05) is 62.3 Å². The summed E-state index contributed by atoms with van der Waals surface area (Å²) in [7, 11) is 0. The van der Waals surface area contributed by atoms with Crippen molar-refractivity contribution >= 4 is 35.4 Å². The summed E-state index contributed by atoms with van der Waals surface area (Å²) in [6, 6.07) is 0.535. The molecular formula is C52H75F3N6O8. The summed E-state index contributed by atoms with van der Waals surface area (Å²) >= 11 is 0. The van der Waals surface area contributed by atoms with Crippen LogP contribution in [0.4, 0.5) is 13.2 Å². The number of Topliss-reactive ketones (excluding diaryl/α,β-unsaturated/α-hetero) is 1. The monoisotopic (exact) mass is 969 g/mol. The summed E-state index contributed by atoms with van der Waals surface area (Å²) < 4.78 is 48.9. The van der Waals surface area contributed by atoms with Gasteiger partial charge in [0.25, 0.3) is 11.8 Å². The van der Waals surface area contributed by atoms with Crippen molar-refractivity contribution in [2.24, 2.45) is 62.6 Å². The molecule has 6 fully saturated rings. The summed E-state index contributed by atoms with van der Waals surface area (Å²) in [5.74, 6) is -4.25. The minimum atomic E-state index is -4.94. The number of piperazine rings is 1. The quantitative estimate of drug-likeness (QED) is 0.170. The Hall–Kier alpha value is -4.12. The van der Waals surface area contributed by atoms with Crippen molar-refractivity contribution in [1.29, 1.82) is 0 Å². The van der Waals surface area contributed by atoms with Crippen LogP contribution in [0.2, 0.25) is 0 Å². The van der Waals surface area contributed by atoms with E-state index < -0.39 is 69.6 Å². The summed E-state index contributed by atoms with van der Waals surface area (Å²) in [5, 5.41) is 22.3. The van der Waals surface area contributed by atoms with Crippen molar-refractivity contribution in [2.75, 3.05) is 32.7 Å². The lowest BCUT2D eigenvalue weighted by atomic mass is 9.33. The van der Waals surface area contributed by atoms with Crippen LogP contribution in [0.1, 0.15) is 161 Å². The van der Waals surface area contributed by atoms with Crippen LogP contribution in [0.15, 0.2) is 17.2 Å². The topological polar surface area (TPSA) is 189 Å². The summed E-state index contributed by atoms with van der Waals surface area (Å²) in [6.45, 7) is 24.3. The standard InChI is InChI=1S/C52H75F3N6O8/c1-28(2)39-33(62)26-51(58-44(68)47(7,8)57-41(64)32-25-36(52(53,54)55)59-61(32)38(63)27-60-22-20-56-21-23-60)19-18-49(10)29(40(39)51)12-13-35-48(9)16-15-37(46(5,6)34(48)14-17-50(35,49)11)69-43(67)31-24-30(42(65)66)45(31,3)4/h25,28-31,34-35,37,56H,12-24,26-27H2,1-11H3,(H,57,64)(H,58,68)(H,65,66)/t29-,30+,31-,34+,35-,37+,48+,49-,50-,51-/m1/s1. The molecule has 382 valence electrons. The first-order valence-corrected chi connectivity index (χ1v) is 25.4. The van der Waals surface area contributed by atoms with Gasteiger partial charge in [0, 0.05) is 44.1 Å². The van der Waals surface area contributed by atoms with Gasteiger partial charge in [0.15, 0.2) is 11.5 Å². The van der Waals surface area contributed by atoms with Gasteiger partial charge >= 0.3 is 18.1 Å². The maximum Gasteiger partial charge on any atom is 0.435 e. The van der Waals surface area contributed by atoms with Crippen LogP contribution in [0, 0.1) is 62.6 Å². The van der Waals surface area contributed by atoms with Crippen LogP contribution >= 0.6 is 0 Å². The highest BCUT2D eigenvalue weighted by Gasteiger charge is 2.71. The summed E-state index contributed by atoms with van der Waals surface area (Å²) in [6.07, 6.45) is 1.53. The van der Waals surface area contributed by atoms with Gasteiger partial charge in [0.2, 0.25) is 5.91 Å². The highest BCUT2D eigenvalue weighted by atomic mass is 19.4. The second-order valence-corrected chi connectivity index (χ2v) is 24.8. The van der Waals surface area contributed by atoms with Crippen LogP contribution in [-0.4, -0.2) is 105 Å². The minimum absolute atomic E-state index is 0.0145. The second kappa shape index (κ2) is 17.0. The average Bonchev–Trinajstić information content (AvgIpc) is 3.82. The molecule has 6 aliphatic carbocycles. The van der Waals surface area contributed by atoms with Crippen LogP contribution < -0.4 is 16.0 Å². The fourth-order valence-corrected chi connectivity index (χ4v) is 15.7. The van der Waals surface area contributed by atoms with E-state index in [4.69, 9.17) is 4.74 Å². The van der Waals surface area contributed by atoms with Crippen molar-refractivity contribution in [3.63, 3.8) is 0 Å². The van der Waals surface area contributed by atoms with Gasteiger partial charge in [-0.2, -0.15) is 23.0 Å². The number of fused-ring (bicyclic) bond motifs is 7. The number of carbonyl (C=O) groups is 6. The number of allylic oxidation sites excluding steroid dienone is 1. The molecule has 1 saturated heterocycles. The first-order chi connectivity index (χ1) is 31.9. The molecule has 0 spiro atoms. The predicted octanol–water partition coefficient (Wildman–Crippen LogP) is 7.46. The van der Waals surface area contributed by atoms with Crippen LogP contribution in [0.25, 0.3) is 0 Å². The van der Waals surface area contributed by atoms with Gasteiger partial charge in [-0.3, -0.25) is 33.7 Å². The molecule has 4 N–H and O–H groups in total. The molecule has 2 amide bonds. The zero-order valence-corrected chi connectivity index (χ0v) is 42.5. The molecule has 0 bridgehead atoms. The van der Waals surface area contributed by atoms with E-state index in [0.29, 0.717) is 62.1 Å². The Kier molecular flexibility index (Phi) is 12.6. The molecule has 1 aromatic heterocycles. The Labute approximate surface area is 404 Å². The number of nitrogens with one attached hydrogen (secondary N) is 3. The number of halogens is 3. The van der Waals surface area contributed by atoms with E-state index >= 15 is 0 Å². The smallest absolute Gasteiger partial charge is 0.435 e. The number of rotatable bonds is 10. The molecular weight excluding hydrogens is 894 g/mol. The number of esters is 1. The zero-order valence-electron chi connectivity index (χ0n) is 42.5. The average molecular weight is 969 g/mol. The summed E-state index contributed by atoms with van der Waals surface area (Å²) in [4.78, 5) is 83.7. The molecule has 69 heavy (non-hydrogen) atoms. The SMILES string of the molecule is CC(C)C1=C2[C@H]3CC[C@@H]4[C@@]5(C)CC[C@H](OC(=O)[C@H]6C[C@@H](C(=O)O)C6(C)C)C(C)(C)[C@@H]5CC[C@@]4(C)[C@]3(C)CC[C@@]2(NC(=O)C(C)(C)NC(=O)c2cc(C(F)(F)F)nn2C(=O)CN2CCNCC2)CC1=O. The molecule has 17 heteroatoms. The Bertz CT molecular complexity index is 2350. The molecule has 1 aromatic rings. The molecule has 2 heterocycles. The van der Waals surface area contributed by atoms with Gasteiger partial charge in [0.1, 0.15) is 17.3 Å².